The molecule has 0 unspecified atom stereocenters. The van der Waals surface area contributed by atoms with Crippen LogP contribution in [0.4, 0.5) is 5.69 Å². The molecule has 0 aromatic heterocycles. The molecule has 3 aromatic rings. The molecule has 1 aliphatic rings. The van der Waals surface area contributed by atoms with Gasteiger partial charge in [0.05, 0.1) is 29.9 Å². The third kappa shape index (κ3) is 4.32. The normalized spacial score (nSPS) is 13.8. The molecule has 7 nitrogen and oxygen atoms in total. The number of carbonyl (C=O) groups excluding carboxylic acids is 1. The quantitative estimate of drug-likeness (QED) is 0.503. The number of ether oxygens (including phenoxy) is 2. The number of hydrogen-bond acceptors (Lipinski definition) is 6. The van der Waals surface area contributed by atoms with Crippen LogP contribution in [0.15, 0.2) is 82.1 Å². The largest absolute Gasteiger partial charge is 0.497 e. The molecule has 1 aliphatic heterocycles. The molecule has 0 atom stereocenters. The number of nitrogens with zero attached hydrogens (tertiary/aromatic N) is 2. The molecule has 1 heterocycles. The highest BCUT2D eigenvalue weighted by Gasteiger charge is 2.32. The minimum absolute atomic E-state index is 0.0165. The number of fused-ring (bicyclic) bond motifs is 1. The van der Waals surface area contributed by atoms with Crippen LogP contribution in [-0.4, -0.2) is 40.5 Å². The summed E-state index contributed by atoms with van der Waals surface area (Å²) in [6, 6.07) is 20.1. The first kappa shape index (κ1) is 21.9. The van der Waals surface area contributed by atoms with Crippen molar-refractivity contribution in [3.05, 3.63) is 88.9 Å². The molecule has 0 saturated carbocycles. The summed E-state index contributed by atoms with van der Waals surface area (Å²) in [4.78, 5) is 14.2. The van der Waals surface area contributed by atoms with Gasteiger partial charge in [0.1, 0.15) is 17.3 Å². The standard InChI is InChI=1S/C23H19ClN2O5S/c1-30-17-12-10-16(11-13-17)23(27)31-15-14-26(20-8-4-3-7-19(20)24)22-18-6-2-5-9-21(18)32(28,29)25-22/h2-13H,14-15H2,1H3. The first-order valence-electron chi connectivity index (χ1n) is 9.68. The molecule has 32 heavy (non-hydrogen) atoms. The van der Waals surface area contributed by atoms with E-state index in [1.165, 1.54) is 6.07 Å². The van der Waals surface area contributed by atoms with Crippen LogP contribution in [-0.2, 0) is 14.8 Å². The van der Waals surface area contributed by atoms with Crippen molar-refractivity contribution in [2.75, 3.05) is 25.2 Å². The lowest BCUT2D eigenvalue weighted by molar-refractivity contribution is 0.0517. The zero-order valence-electron chi connectivity index (χ0n) is 17.1. The van der Waals surface area contributed by atoms with Gasteiger partial charge < -0.3 is 14.4 Å². The van der Waals surface area contributed by atoms with E-state index in [0.29, 0.717) is 27.6 Å². The minimum Gasteiger partial charge on any atom is -0.497 e. The molecule has 0 N–H and O–H groups in total. The SMILES string of the molecule is COc1ccc(C(=O)OCCN(C2=NS(=O)(=O)c3ccccc32)c2ccccc2Cl)cc1. The summed E-state index contributed by atoms with van der Waals surface area (Å²) < 4.78 is 39.6. The average molecular weight is 471 g/mol. The van der Waals surface area contributed by atoms with Crippen molar-refractivity contribution in [2.45, 2.75) is 4.90 Å². The molecule has 0 saturated heterocycles. The van der Waals surface area contributed by atoms with Gasteiger partial charge in [-0.05, 0) is 48.5 Å². The van der Waals surface area contributed by atoms with Crippen molar-refractivity contribution in [3.8, 4) is 5.75 Å². The molecule has 0 spiro atoms. The Labute approximate surface area is 190 Å². The van der Waals surface area contributed by atoms with Crippen LogP contribution in [0.5, 0.6) is 5.75 Å². The van der Waals surface area contributed by atoms with Crippen molar-refractivity contribution in [1.82, 2.24) is 0 Å². The molecular formula is C23H19ClN2O5S. The highest BCUT2D eigenvalue weighted by molar-refractivity contribution is 7.90. The van der Waals surface area contributed by atoms with Crippen molar-refractivity contribution in [3.63, 3.8) is 0 Å². The van der Waals surface area contributed by atoms with E-state index >= 15 is 0 Å². The Balaban J connectivity index is 1.59. The first-order valence-corrected chi connectivity index (χ1v) is 11.5. The molecule has 4 rings (SSSR count). The fourth-order valence-electron chi connectivity index (χ4n) is 3.33. The Hall–Kier alpha value is -3.36. The van der Waals surface area contributed by atoms with Crippen LogP contribution in [0.3, 0.4) is 0 Å². The van der Waals surface area contributed by atoms with E-state index in [-0.39, 0.29) is 23.9 Å². The fraction of sp³-hybridized carbons (Fsp3) is 0.130. The number of rotatable bonds is 6. The second-order valence-electron chi connectivity index (χ2n) is 6.85. The number of hydrogen-bond donors (Lipinski definition) is 0. The Morgan fingerprint density at radius 2 is 1.69 bits per heavy atom. The summed E-state index contributed by atoms with van der Waals surface area (Å²) in [6.45, 7) is 0.131. The molecule has 0 radical (unpaired) electrons. The summed E-state index contributed by atoms with van der Waals surface area (Å²) in [6.07, 6.45) is 0. The third-order valence-electron chi connectivity index (χ3n) is 4.89. The highest BCUT2D eigenvalue weighted by atomic mass is 35.5. The molecule has 9 heteroatoms. The van der Waals surface area contributed by atoms with Gasteiger partial charge in [0.25, 0.3) is 10.0 Å². The first-order chi connectivity index (χ1) is 15.4. The van der Waals surface area contributed by atoms with E-state index in [1.54, 1.807) is 78.7 Å². The van der Waals surface area contributed by atoms with Crippen molar-refractivity contribution in [1.29, 1.82) is 0 Å². The molecule has 164 valence electrons. The molecule has 3 aromatic carbocycles. The molecule has 0 amide bonds. The zero-order chi connectivity index (χ0) is 22.7. The van der Waals surface area contributed by atoms with Gasteiger partial charge in [-0.2, -0.15) is 8.42 Å². The number of benzene rings is 3. The predicted molar refractivity (Wildman–Crippen MR) is 122 cm³/mol. The smallest absolute Gasteiger partial charge is 0.338 e. The lowest BCUT2D eigenvalue weighted by Gasteiger charge is -2.25. The van der Waals surface area contributed by atoms with Gasteiger partial charge in [-0.3, -0.25) is 0 Å². The minimum atomic E-state index is -3.83. The van der Waals surface area contributed by atoms with Gasteiger partial charge in [-0.15, -0.1) is 4.40 Å². The maximum atomic E-state index is 12.6. The maximum absolute atomic E-state index is 12.6. The number of halogens is 1. The van der Waals surface area contributed by atoms with Gasteiger partial charge in [-0.25, -0.2) is 4.79 Å². The fourth-order valence-corrected chi connectivity index (χ4v) is 4.78. The van der Waals surface area contributed by atoms with Crippen LogP contribution in [0.1, 0.15) is 15.9 Å². The summed E-state index contributed by atoms with van der Waals surface area (Å²) in [5.41, 5.74) is 1.40. The van der Waals surface area contributed by atoms with Crippen molar-refractivity contribution in [2.24, 2.45) is 4.40 Å². The highest BCUT2D eigenvalue weighted by Crippen LogP contribution is 2.32. The van der Waals surface area contributed by atoms with Gasteiger partial charge in [-0.1, -0.05) is 35.9 Å². The van der Waals surface area contributed by atoms with Crippen LogP contribution in [0.25, 0.3) is 0 Å². The van der Waals surface area contributed by atoms with Crippen LogP contribution >= 0.6 is 11.6 Å². The topological polar surface area (TPSA) is 85.3 Å². The monoisotopic (exact) mass is 470 g/mol. The number of amidine groups is 1. The Kier molecular flexibility index (Phi) is 6.16. The van der Waals surface area contributed by atoms with E-state index in [4.69, 9.17) is 21.1 Å². The van der Waals surface area contributed by atoms with Crippen LogP contribution in [0, 0.1) is 0 Å². The average Bonchev–Trinajstić information content (AvgIpc) is 3.08. The summed E-state index contributed by atoms with van der Waals surface area (Å²) in [5, 5.41) is 0.415. The summed E-state index contributed by atoms with van der Waals surface area (Å²) in [5.74, 6) is 0.355. The molecule has 0 fully saturated rings. The third-order valence-corrected chi connectivity index (χ3v) is 6.53. The number of methoxy groups -OCH3 is 1. The second-order valence-corrected chi connectivity index (χ2v) is 8.83. The lowest BCUT2D eigenvalue weighted by atomic mass is 10.1. The number of sulfonamides is 1. The van der Waals surface area contributed by atoms with Crippen molar-refractivity contribution < 1.29 is 22.7 Å². The van der Waals surface area contributed by atoms with Gasteiger partial charge in [0.15, 0.2) is 5.84 Å². The van der Waals surface area contributed by atoms with E-state index in [0.717, 1.165) is 0 Å². The molecular weight excluding hydrogens is 452 g/mol. The van der Waals surface area contributed by atoms with E-state index in [9.17, 15) is 13.2 Å². The summed E-state index contributed by atoms with van der Waals surface area (Å²) >= 11 is 6.40. The van der Waals surface area contributed by atoms with Crippen LogP contribution in [0.2, 0.25) is 5.02 Å². The number of esters is 1. The summed E-state index contributed by atoms with van der Waals surface area (Å²) in [7, 11) is -2.29. The molecule has 0 aliphatic carbocycles. The van der Waals surface area contributed by atoms with Crippen LogP contribution < -0.4 is 9.64 Å². The Bertz CT molecular complexity index is 1290. The lowest BCUT2D eigenvalue weighted by Crippen LogP contribution is -2.34. The van der Waals surface area contributed by atoms with E-state index in [2.05, 4.69) is 4.40 Å². The van der Waals surface area contributed by atoms with Gasteiger partial charge >= 0.3 is 5.97 Å². The van der Waals surface area contributed by atoms with Gasteiger partial charge in [0.2, 0.25) is 0 Å². The van der Waals surface area contributed by atoms with E-state index in [1.807, 2.05) is 0 Å². The zero-order valence-corrected chi connectivity index (χ0v) is 18.6. The molecule has 0 bridgehead atoms. The number of para-hydroxylation sites is 1. The van der Waals surface area contributed by atoms with Gasteiger partial charge in [0, 0.05) is 5.56 Å². The Morgan fingerprint density at radius 1 is 1.00 bits per heavy atom. The van der Waals surface area contributed by atoms with E-state index < -0.39 is 16.0 Å². The second kappa shape index (κ2) is 9.02. The Morgan fingerprint density at radius 3 is 2.41 bits per heavy atom. The number of carbonyl (C=O) groups is 1. The van der Waals surface area contributed by atoms with Crippen molar-refractivity contribution >= 4 is 39.1 Å². The number of anilines is 1. The predicted octanol–water partition coefficient (Wildman–Crippen LogP) is 4.16. The maximum Gasteiger partial charge on any atom is 0.338 e.